The quantitative estimate of drug-likeness (QED) is 0.825. The Morgan fingerprint density at radius 2 is 2.05 bits per heavy atom. The van der Waals surface area contributed by atoms with Crippen molar-refractivity contribution in [1.29, 1.82) is 0 Å². The first-order chi connectivity index (χ1) is 9.06. The first-order valence-electron chi connectivity index (χ1n) is 5.86. The van der Waals surface area contributed by atoms with Crippen molar-refractivity contribution < 1.29 is 4.79 Å². The van der Waals surface area contributed by atoms with Crippen LogP contribution in [0, 0.1) is 0 Å². The van der Waals surface area contributed by atoms with Gasteiger partial charge in [0.2, 0.25) is 0 Å². The number of pyridine rings is 1. The minimum atomic E-state index is -0.0667. The average molecular weight is 256 g/mol. The number of rotatable bonds is 3. The number of amides is 1. The fraction of sp³-hybridized carbons (Fsp3) is 0.143. The van der Waals surface area contributed by atoms with Gasteiger partial charge in [-0.15, -0.1) is 0 Å². The second-order valence-electron chi connectivity index (χ2n) is 4.38. The number of nitrogens with one attached hydrogen (secondary N) is 1. The molecule has 1 aromatic heterocycles. The van der Waals surface area contributed by atoms with E-state index in [0.717, 1.165) is 5.69 Å². The van der Waals surface area contributed by atoms with Gasteiger partial charge in [0.25, 0.3) is 5.91 Å². The van der Waals surface area contributed by atoms with E-state index in [0.29, 0.717) is 17.1 Å². The third kappa shape index (κ3) is 3.22. The summed E-state index contributed by atoms with van der Waals surface area (Å²) < 4.78 is 0. The lowest BCUT2D eigenvalue weighted by atomic mass is 10.2. The molecule has 0 aliphatic carbocycles. The van der Waals surface area contributed by atoms with Gasteiger partial charge >= 0.3 is 0 Å². The first kappa shape index (κ1) is 12.9. The summed E-state index contributed by atoms with van der Waals surface area (Å²) in [6.07, 6.45) is 1.55. The topological polar surface area (TPSA) is 71.2 Å². The van der Waals surface area contributed by atoms with Crippen LogP contribution in [0.15, 0.2) is 42.6 Å². The van der Waals surface area contributed by atoms with Gasteiger partial charge in [-0.2, -0.15) is 0 Å². The molecule has 0 spiro atoms. The summed E-state index contributed by atoms with van der Waals surface area (Å²) >= 11 is 0. The van der Waals surface area contributed by atoms with Crippen LogP contribution in [0.1, 0.15) is 10.4 Å². The Bertz CT molecular complexity index is 578. The molecule has 1 heterocycles. The maximum Gasteiger partial charge on any atom is 0.254 e. The van der Waals surface area contributed by atoms with Crippen LogP contribution in [0.2, 0.25) is 0 Å². The number of nitrogen functional groups attached to an aromatic ring is 1. The van der Waals surface area contributed by atoms with Gasteiger partial charge in [0.1, 0.15) is 5.82 Å². The molecular weight excluding hydrogens is 240 g/mol. The highest BCUT2D eigenvalue weighted by Crippen LogP contribution is 2.17. The Morgan fingerprint density at radius 1 is 1.26 bits per heavy atom. The van der Waals surface area contributed by atoms with Gasteiger partial charge in [-0.05, 0) is 30.3 Å². The molecule has 0 aliphatic heterocycles. The van der Waals surface area contributed by atoms with Crippen LogP contribution in [0.4, 0.5) is 17.2 Å². The van der Waals surface area contributed by atoms with E-state index < -0.39 is 0 Å². The fourth-order valence-corrected chi connectivity index (χ4v) is 1.62. The highest BCUT2D eigenvalue weighted by molar-refractivity contribution is 5.93. The Morgan fingerprint density at radius 3 is 2.63 bits per heavy atom. The van der Waals surface area contributed by atoms with Gasteiger partial charge < -0.3 is 16.0 Å². The molecule has 0 radical (unpaired) electrons. The normalized spacial score (nSPS) is 10.0. The smallest absolute Gasteiger partial charge is 0.254 e. The number of nitrogens with zero attached hydrogens (tertiary/aromatic N) is 2. The number of aromatic nitrogens is 1. The summed E-state index contributed by atoms with van der Waals surface area (Å²) in [7, 11) is 3.42. The molecule has 0 fully saturated rings. The number of hydrogen-bond acceptors (Lipinski definition) is 4. The van der Waals surface area contributed by atoms with E-state index in [1.807, 2.05) is 24.3 Å². The highest BCUT2D eigenvalue weighted by Gasteiger charge is 2.07. The lowest BCUT2D eigenvalue weighted by molar-refractivity contribution is 0.0827. The van der Waals surface area contributed by atoms with Crippen molar-refractivity contribution in [2.75, 3.05) is 25.1 Å². The zero-order valence-corrected chi connectivity index (χ0v) is 10.9. The molecule has 2 aromatic rings. The number of carbonyl (C=O) groups is 1. The van der Waals surface area contributed by atoms with Crippen LogP contribution in [-0.4, -0.2) is 29.9 Å². The average Bonchev–Trinajstić information content (AvgIpc) is 2.39. The number of anilines is 3. The van der Waals surface area contributed by atoms with Crippen molar-refractivity contribution in [2.24, 2.45) is 0 Å². The maximum absolute atomic E-state index is 11.7. The van der Waals surface area contributed by atoms with E-state index in [1.165, 1.54) is 4.90 Å². The molecule has 19 heavy (non-hydrogen) atoms. The molecule has 5 heteroatoms. The summed E-state index contributed by atoms with van der Waals surface area (Å²) in [6, 6.07) is 10.9. The van der Waals surface area contributed by atoms with Gasteiger partial charge in [-0.1, -0.05) is 6.07 Å². The number of benzene rings is 1. The van der Waals surface area contributed by atoms with Gasteiger partial charge in [-0.3, -0.25) is 4.79 Å². The van der Waals surface area contributed by atoms with E-state index in [4.69, 9.17) is 5.73 Å². The number of carbonyl (C=O) groups excluding carboxylic acids is 1. The first-order valence-corrected chi connectivity index (χ1v) is 5.86. The Kier molecular flexibility index (Phi) is 3.66. The molecule has 1 amide bonds. The molecule has 0 aliphatic rings. The van der Waals surface area contributed by atoms with Gasteiger partial charge in [-0.25, -0.2) is 4.98 Å². The standard InChI is InChI=1S/C14H16N4O/c1-18(2)14(19)10-6-7-13(16-9-10)17-12-5-3-4-11(15)8-12/h3-9H,15H2,1-2H3,(H,16,17). The Hall–Kier alpha value is -2.56. The second kappa shape index (κ2) is 5.39. The van der Waals surface area contributed by atoms with E-state index in [1.54, 1.807) is 32.4 Å². The minimum Gasteiger partial charge on any atom is -0.399 e. The van der Waals surface area contributed by atoms with Crippen LogP contribution < -0.4 is 11.1 Å². The third-order valence-electron chi connectivity index (χ3n) is 2.58. The van der Waals surface area contributed by atoms with Crippen LogP contribution in [0.25, 0.3) is 0 Å². The molecule has 3 N–H and O–H groups in total. The van der Waals surface area contributed by atoms with Crippen molar-refractivity contribution in [1.82, 2.24) is 9.88 Å². The molecule has 0 bridgehead atoms. The maximum atomic E-state index is 11.7. The number of hydrogen-bond donors (Lipinski definition) is 2. The zero-order chi connectivity index (χ0) is 13.8. The van der Waals surface area contributed by atoms with Gasteiger partial charge in [0.05, 0.1) is 5.56 Å². The lowest BCUT2D eigenvalue weighted by Gasteiger charge is -2.10. The predicted molar refractivity (Wildman–Crippen MR) is 76.4 cm³/mol. The van der Waals surface area contributed by atoms with E-state index in [2.05, 4.69) is 10.3 Å². The summed E-state index contributed by atoms with van der Waals surface area (Å²) in [4.78, 5) is 17.4. The van der Waals surface area contributed by atoms with E-state index >= 15 is 0 Å². The Labute approximate surface area is 112 Å². The largest absolute Gasteiger partial charge is 0.399 e. The van der Waals surface area contributed by atoms with Crippen LogP contribution >= 0.6 is 0 Å². The molecule has 0 saturated heterocycles. The van der Waals surface area contributed by atoms with Crippen LogP contribution in [0.5, 0.6) is 0 Å². The molecule has 0 saturated carbocycles. The molecule has 0 atom stereocenters. The second-order valence-corrected chi connectivity index (χ2v) is 4.38. The molecule has 0 unspecified atom stereocenters. The lowest BCUT2D eigenvalue weighted by Crippen LogP contribution is -2.21. The number of nitrogens with two attached hydrogens (primary N) is 1. The van der Waals surface area contributed by atoms with Crippen molar-refractivity contribution in [3.8, 4) is 0 Å². The minimum absolute atomic E-state index is 0.0667. The van der Waals surface area contributed by atoms with Gasteiger partial charge in [0.15, 0.2) is 0 Å². The SMILES string of the molecule is CN(C)C(=O)c1ccc(Nc2cccc(N)c2)nc1. The molecule has 98 valence electrons. The fourth-order valence-electron chi connectivity index (χ4n) is 1.62. The van der Waals surface area contributed by atoms with E-state index in [9.17, 15) is 4.79 Å². The van der Waals surface area contributed by atoms with Crippen molar-refractivity contribution in [3.63, 3.8) is 0 Å². The Balaban J connectivity index is 2.13. The summed E-state index contributed by atoms with van der Waals surface area (Å²) in [6.45, 7) is 0. The molecule has 5 nitrogen and oxygen atoms in total. The summed E-state index contributed by atoms with van der Waals surface area (Å²) in [5, 5.41) is 3.12. The zero-order valence-electron chi connectivity index (χ0n) is 10.9. The predicted octanol–water partition coefficient (Wildman–Crippen LogP) is 2.11. The van der Waals surface area contributed by atoms with Crippen LogP contribution in [0.3, 0.4) is 0 Å². The van der Waals surface area contributed by atoms with Crippen molar-refractivity contribution in [2.45, 2.75) is 0 Å². The summed E-state index contributed by atoms with van der Waals surface area (Å²) in [5.74, 6) is 0.601. The van der Waals surface area contributed by atoms with Crippen molar-refractivity contribution in [3.05, 3.63) is 48.2 Å². The molecule has 1 aromatic carbocycles. The third-order valence-corrected chi connectivity index (χ3v) is 2.58. The molecular formula is C14H16N4O. The monoisotopic (exact) mass is 256 g/mol. The molecule has 2 rings (SSSR count). The summed E-state index contributed by atoms with van der Waals surface area (Å²) in [5.41, 5.74) is 7.80. The van der Waals surface area contributed by atoms with E-state index in [-0.39, 0.29) is 5.91 Å². The van der Waals surface area contributed by atoms with Crippen molar-refractivity contribution >= 4 is 23.1 Å². The highest BCUT2D eigenvalue weighted by atomic mass is 16.2. The van der Waals surface area contributed by atoms with Crippen LogP contribution in [-0.2, 0) is 0 Å². The van der Waals surface area contributed by atoms with Gasteiger partial charge in [0, 0.05) is 31.7 Å².